The Labute approximate surface area is 102 Å². The molecule has 1 saturated heterocycles. The summed E-state index contributed by atoms with van der Waals surface area (Å²) in [6.45, 7) is 4.12. The van der Waals surface area contributed by atoms with Crippen LogP contribution in [0.15, 0.2) is 18.3 Å². The Morgan fingerprint density at radius 2 is 2.00 bits per heavy atom. The fraction of sp³-hybridized carbons (Fsp3) is 0.643. The van der Waals surface area contributed by atoms with E-state index in [1.807, 2.05) is 12.1 Å². The van der Waals surface area contributed by atoms with Crippen LogP contribution in [-0.2, 0) is 0 Å². The summed E-state index contributed by atoms with van der Waals surface area (Å²) >= 11 is 0. The Morgan fingerprint density at radius 1 is 1.29 bits per heavy atom. The number of aromatic nitrogens is 1. The van der Waals surface area contributed by atoms with Crippen LogP contribution >= 0.6 is 0 Å². The van der Waals surface area contributed by atoms with E-state index in [0.29, 0.717) is 0 Å². The van der Waals surface area contributed by atoms with Crippen LogP contribution in [0.4, 0.5) is 5.82 Å². The van der Waals surface area contributed by atoms with Gasteiger partial charge in [-0.1, -0.05) is 12.5 Å². The fourth-order valence-electron chi connectivity index (χ4n) is 3.25. The van der Waals surface area contributed by atoms with Gasteiger partial charge in [0, 0.05) is 19.3 Å². The smallest absolute Gasteiger partial charge is 0.128 e. The Morgan fingerprint density at radius 3 is 2.53 bits per heavy atom. The highest BCUT2D eigenvalue weighted by molar-refractivity contribution is 5.41. The summed E-state index contributed by atoms with van der Waals surface area (Å²) in [5.74, 6) is 2.87. The van der Waals surface area contributed by atoms with E-state index >= 15 is 0 Å². The second-order valence-corrected chi connectivity index (χ2v) is 5.48. The van der Waals surface area contributed by atoms with Crippen LogP contribution in [0.3, 0.4) is 0 Å². The van der Waals surface area contributed by atoms with Gasteiger partial charge in [0.15, 0.2) is 0 Å². The van der Waals surface area contributed by atoms with E-state index in [1.54, 1.807) is 13.1 Å². The van der Waals surface area contributed by atoms with Crippen LogP contribution in [0, 0.1) is 11.8 Å². The minimum absolute atomic E-state index is 0.422. The van der Waals surface area contributed by atoms with Crippen molar-refractivity contribution in [1.82, 2.24) is 4.98 Å². The molecular formula is C14H20N2O. The van der Waals surface area contributed by atoms with E-state index < -0.39 is 6.10 Å². The van der Waals surface area contributed by atoms with E-state index in [2.05, 4.69) is 9.88 Å². The van der Waals surface area contributed by atoms with Crippen LogP contribution in [0.2, 0.25) is 0 Å². The van der Waals surface area contributed by atoms with E-state index in [4.69, 9.17) is 0 Å². The first-order valence-corrected chi connectivity index (χ1v) is 6.63. The molecule has 17 heavy (non-hydrogen) atoms. The molecule has 2 fully saturated rings. The molecule has 0 aromatic carbocycles. The maximum Gasteiger partial charge on any atom is 0.128 e. The van der Waals surface area contributed by atoms with E-state index in [1.165, 1.54) is 32.4 Å². The molecule has 1 aliphatic heterocycles. The lowest BCUT2D eigenvalue weighted by atomic mass is 10.0. The second kappa shape index (κ2) is 4.30. The number of fused-ring (bicyclic) bond motifs is 1. The maximum atomic E-state index is 9.46. The van der Waals surface area contributed by atoms with Crippen molar-refractivity contribution in [2.75, 3.05) is 18.0 Å². The molecule has 3 rings (SSSR count). The maximum absolute atomic E-state index is 9.46. The lowest BCUT2D eigenvalue weighted by molar-refractivity contribution is 0.199. The zero-order valence-electron chi connectivity index (χ0n) is 10.3. The van der Waals surface area contributed by atoms with E-state index in [-0.39, 0.29) is 0 Å². The minimum Gasteiger partial charge on any atom is -0.389 e. The van der Waals surface area contributed by atoms with Gasteiger partial charge < -0.3 is 10.0 Å². The van der Waals surface area contributed by atoms with Crippen molar-refractivity contribution in [3.8, 4) is 0 Å². The zero-order chi connectivity index (χ0) is 11.8. The summed E-state index contributed by atoms with van der Waals surface area (Å²) in [6, 6.07) is 4.03. The molecule has 1 aliphatic carbocycles. The average Bonchev–Trinajstić information content (AvgIpc) is 2.89. The summed E-state index contributed by atoms with van der Waals surface area (Å²) in [5.41, 5.74) is 0.896. The van der Waals surface area contributed by atoms with Gasteiger partial charge in [-0.3, -0.25) is 0 Å². The standard InChI is InChI=1S/C14H20N2O/c1-10(17)11-5-6-14(15-7-11)16-8-12-3-2-4-13(12)9-16/h5-7,10,12-13,17H,2-4,8-9H2,1H3. The topological polar surface area (TPSA) is 36.4 Å². The van der Waals surface area contributed by atoms with Gasteiger partial charge >= 0.3 is 0 Å². The molecule has 2 aliphatic rings. The SMILES string of the molecule is CC(O)c1ccc(N2CC3CCCC3C2)nc1. The van der Waals surface area contributed by atoms with Crippen LogP contribution in [0.25, 0.3) is 0 Å². The second-order valence-electron chi connectivity index (χ2n) is 5.48. The number of nitrogens with zero attached hydrogens (tertiary/aromatic N) is 2. The molecule has 0 amide bonds. The van der Waals surface area contributed by atoms with Crippen LogP contribution in [0.5, 0.6) is 0 Å². The van der Waals surface area contributed by atoms with Crippen LogP contribution in [0.1, 0.15) is 37.9 Å². The van der Waals surface area contributed by atoms with Gasteiger partial charge in [0.1, 0.15) is 5.82 Å². The van der Waals surface area contributed by atoms with Gasteiger partial charge in [0.25, 0.3) is 0 Å². The predicted octanol–water partition coefficient (Wildman–Crippen LogP) is 2.37. The van der Waals surface area contributed by atoms with Gasteiger partial charge in [0.2, 0.25) is 0 Å². The number of hydrogen-bond acceptors (Lipinski definition) is 3. The van der Waals surface area contributed by atoms with Crippen molar-refractivity contribution in [2.45, 2.75) is 32.3 Å². The monoisotopic (exact) mass is 232 g/mol. The van der Waals surface area contributed by atoms with Crippen molar-refractivity contribution in [3.05, 3.63) is 23.9 Å². The first-order valence-electron chi connectivity index (χ1n) is 6.63. The number of rotatable bonds is 2. The average molecular weight is 232 g/mol. The molecule has 1 N–H and O–H groups in total. The third-order valence-corrected chi connectivity index (χ3v) is 4.30. The minimum atomic E-state index is -0.422. The Bertz CT molecular complexity index is 376. The summed E-state index contributed by atoms with van der Waals surface area (Å²) in [7, 11) is 0. The molecule has 3 unspecified atom stereocenters. The van der Waals surface area contributed by atoms with Gasteiger partial charge in [-0.25, -0.2) is 4.98 Å². The first-order chi connectivity index (χ1) is 8.24. The summed E-state index contributed by atoms with van der Waals surface area (Å²) in [5, 5.41) is 9.46. The molecule has 3 heteroatoms. The quantitative estimate of drug-likeness (QED) is 0.850. The summed E-state index contributed by atoms with van der Waals surface area (Å²) < 4.78 is 0. The van der Waals surface area contributed by atoms with Crippen molar-refractivity contribution in [1.29, 1.82) is 0 Å². The highest BCUT2D eigenvalue weighted by Gasteiger charge is 2.36. The third-order valence-electron chi connectivity index (χ3n) is 4.30. The van der Waals surface area contributed by atoms with Gasteiger partial charge in [0.05, 0.1) is 6.10 Å². The Kier molecular flexibility index (Phi) is 2.79. The normalized spacial score (nSPS) is 29.4. The lowest BCUT2D eigenvalue weighted by Gasteiger charge is -2.18. The Hall–Kier alpha value is -1.09. The van der Waals surface area contributed by atoms with Gasteiger partial charge in [-0.05, 0) is 43.2 Å². The summed E-state index contributed by atoms with van der Waals surface area (Å²) in [6.07, 6.45) is 5.58. The van der Waals surface area contributed by atoms with Crippen molar-refractivity contribution in [3.63, 3.8) is 0 Å². The van der Waals surface area contributed by atoms with Crippen LogP contribution < -0.4 is 4.90 Å². The molecule has 3 atom stereocenters. The fourth-order valence-corrected chi connectivity index (χ4v) is 3.25. The van der Waals surface area contributed by atoms with E-state index in [0.717, 1.165) is 23.2 Å². The molecule has 0 spiro atoms. The van der Waals surface area contributed by atoms with E-state index in [9.17, 15) is 5.11 Å². The molecule has 1 aromatic heterocycles. The molecule has 92 valence electrons. The number of hydrogen-bond donors (Lipinski definition) is 1. The number of aliphatic hydroxyl groups excluding tert-OH is 1. The summed E-state index contributed by atoms with van der Waals surface area (Å²) in [4.78, 5) is 6.88. The zero-order valence-corrected chi connectivity index (χ0v) is 10.3. The number of aliphatic hydroxyl groups is 1. The molecule has 3 nitrogen and oxygen atoms in total. The number of anilines is 1. The predicted molar refractivity (Wildman–Crippen MR) is 67.9 cm³/mol. The molecule has 1 aromatic rings. The van der Waals surface area contributed by atoms with Crippen molar-refractivity contribution in [2.24, 2.45) is 11.8 Å². The molecule has 0 bridgehead atoms. The Balaban J connectivity index is 1.73. The van der Waals surface area contributed by atoms with Crippen LogP contribution in [-0.4, -0.2) is 23.2 Å². The molecule has 0 radical (unpaired) electrons. The van der Waals surface area contributed by atoms with Gasteiger partial charge in [-0.15, -0.1) is 0 Å². The third kappa shape index (κ3) is 2.04. The molecular weight excluding hydrogens is 212 g/mol. The molecule has 1 saturated carbocycles. The first kappa shape index (κ1) is 11.0. The highest BCUT2D eigenvalue weighted by atomic mass is 16.3. The number of pyridine rings is 1. The highest BCUT2D eigenvalue weighted by Crippen LogP contribution is 2.39. The lowest BCUT2D eigenvalue weighted by Crippen LogP contribution is -2.21. The molecule has 2 heterocycles. The van der Waals surface area contributed by atoms with Crippen molar-refractivity contribution < 1.29 is 5.11 Å². The van der Waals surface area contributed by atoms with Crippen molar-refractivity contribution >= 4 is 5.82 Å². The van der Waals surface area contributed by atoms with Gasteiger partial charge in [-0.2, -0.15) is 0 Å². The largest absolute Gasteiger partial charge is 0.389 e.